The Morgan fingerprint density at radius 1 is 1.10 bits per heavy atom. The Labute approximate surface area is 117 Å². The van der Waals surface area contributed by atoms with Crippen LogP contribution in [0.25, 0.3) is 0 Å². The highest BCUT2D eigenvalue weighted by Gasteiger charge is 2.18. The second-order valence-electron chi connectivity index (χ2n) is 4.84. The van der Waals surface area contributed by atoms with E-state index in [9.17, 15) is 4.79 Å². The van der Waals surface area contributed by atoms with Crippen LogP contribution >= 0.6 is 0 Å². The number of hydrogen-bond acceptors (Lipinski definition) is 2. The van der Waals surface area contributed by atoms with Gasteiger partial charge in [-0.15, -0.1) is 0 Å². The lowest BCUT2D eigenvalue weighted by atomic mass is 9.95. The van der Waals surface area contributed by atoms with E-state index in [2.05, 4.69) is 4.99 Å². The van der Waals surface area contributed by atoms with E-state index in [1.165, 1.54) is 0 Å². The Balaban J connectivity index is 1.80. The minimum Gasteiger partial charge on any atom is -0.497 e. The molecule has 2 aromatic rings. The predicted molar refractivity (Wildman–Crippen MR) is 78.6 cm³/mol. The summed E-state index contributed by atoms with van der Waals surface area (Å²) in [6, 6.07) is 15.5. The van der Waals surface area contributed by atoms with Gasteiger partial charge in [0.15, 0.2) is 0 Å². The average molecular weight is 265 g/mol. The summed E-state index contributed by atoms with van der Waals surface area (Å²) in [4.78, 5) is 16.2. The highest BCUT2D eigenvalue weighted by molar-refractivity contribution is 6.09. The first kappa shape index (κ1) is 12.6. The van der Waals surface area contributed by atoms with Crippen LogP contribution in [0, 0.1) is 0 Å². The summed E-state index contributed by atoms with van der Waals surface area (Å²) in [5, 5.41) is 0. The van der Waals surface area contributed by atoms with E-state index in [-0.39, 0.29) is 5.91 Å². The summed E-state index contributed by atoms with van der Waals surface area (Å²) in [6.07, 6.45) is 1.44. The Morgan fingerprint density at radius 2 is 1.85 bits per heavy atom. The van der Waals surface area contributed by atoms with E-state index in [4.69, 9.17) is 4.74 Å². The molecule has 2 aromatic carbocycles. The molecule has 1 amide bonds. The molecule has 1 heterocycles. The fraction of sp³-hybridized carbons (Fsp3) is 0.176. The second kappa shape index (κ2) is 5.29. The number of amides is 1. The van der Waals surface area contributed by atoms with Crippen LogP contribution in [0.1, 0.15) is 21.5 Å². The quantitative estimate of drug-likeness (QED) is 0.855. The third kappa shape index (κ3) is 2.48. The Morgan fingerprint density at radius 3 is 2.60 bits per heavy atom. The Kier molecular flexibility index (Phi) is 3.33. The molecule has 100 valence electrons. The zero-order chi connectivity index (χ0) is 13.9. The van der Waals surface area contributed by atoms with Gasteiger partial charge in [-0.25, -0.2) is 4.99 Å². The lowest BCUT2D eigenvalue weighted by Gasteiger charge is -2.15. The third-order valence-corrected chi connectivity index (χ3v) is 3.47. The van der Waals surface area contributed by atoms with Crippen molar-refractivity contribution >= 4 is 11.6 Å². The molecule has 0 radical (unpaired) electrons. The summed E-state index contributed by atoms with van der Waals surface area (Å²) < 4.78 is 5.14. The predicted octanol–water partition coefficient (Wildman–Crippen LogP) is 3.08. The zero-order valence-corrected chi connectivity index (χ0v) is 11.3. The van der Waals surface area contributed by atoms with Gasteiger partial charge in [0.1, 0.15) is 5.75 Å². The van der Waals surface area contributed by atoms with Gasteiger partial charge in [0.25, 0.3) is 5.91 Å². The third-order valence-electron chi connectivity index (χ3n) is 3.47. The van der Waals surface area contributed by atoms with Crippen molar-refractivity contribution in [2.24, 2.45) is 4.99 Å². The van der Waals surface area contributed by atoms with Gasteiger partial charge in [0.05, 0.1) is 7.11 Å². The normalized spacial score (nSPS) is 13.7. The van der Waals surface area contributed by atoms with Crippen molar-refractivity contribution in [3.05, 3.63) is 65.2 Å². The van der Waals surface area contributed by atoms with Gasteiger partial charge in [0, 0.05) is 24.1 Å². The highest BCUT2D eigenvalue weighted by atomic mass is 16.5. The lowest BCUT2D eigenvalue weighted by molar-refractivity contribution is 0.1000. The van der Waals surface area contributed by atoms with Gasteiger partial charge in [-0.2, -0.15) is 0 Å². The van der Waals surface area contributed by atoms with Crippen LogP contribution in [0.5, 0.6) is 5.75 Å². The number of aliphatic imine (C=N–C) groups is 1. The molecule has 0 spiro atoms. The fourth-order valence-corrected chi connectivity index (χ4v) is 2.43. The average Bonchev–Trinajstić information content (AvgIpc) is 2.48. The number of hydrogen-bond donors (Lipinski definition) is 0. The largest absolute Gasteiger partial charge is 0.497 e. The van der Waals surface area contributed by atoms with E-state index in [1.54, 1.807) is 7.11 Å². The van der Waals surface area contributed by atoms with Gasteiger partial charge in [-0.05, 0) is 29.3 Å². The topological polar surface area (TPSA) is 38.7 Å². The van der Waals surface area contributed by atoms with Crippen LogP contribution in [0.2, 0.25) is 0 Å². The standard InChI is InChI=1S/C17H15NO2/c1-20-15-8-6-12(7-9-15)10-14-11-13-4-2-3-5-16(13)17(19)18-14/h2-9H,10-11H2,1H3. The van der Waals surface area contributed by atoms with Crippen LogP contribution in [-0.4, -0.2) is 18.7 Å². The number of nitrogens with zero attached hydrogens (tertiary/aromatic N) is 1. The minimum absolute atomic E-state index is 0.129. The molecule has 0 aromatic heterocycles. The van der Waals surface area contributed by atoms with E-state index >= 15 is 0 Å². The van der Waals surface area contributed by atoms with E-state index in [0.717, 1.165) is 34.6 Å². The smallest absolute Gasteiger partial charge is 0.277 e. The van der Waals surface area contributed by atoms with Crippen molar-refractivity contribution in [2.75, 3.05) is 7.11 Å². The molecule has 0 unspecified atom stereocenters. The van der Waals surface area contributed by atoms with E-state index < -0.39 is 0 Å². The van der Waals surface area contributed by atoms with Crippen molar-refractivity contribution in [1.82, 2.24) is 0 Å². The van der Waals surface area contributed by atoms with Crippen LogP contribution in [0.15, 0.2) is 53.5 Å². The number of benzene rings is 2. The molecule has 20 heavy (non-hydrogen) atoms. The number of carbonyl (C=O) groups excluding carboxylic acids is 1. The first-order valence-corrected chi connectivity index (χ1v) is 6.58. The molecule has 0 fully saturated rings. The fourth-order valence-electron chi connectivity index (χ4n) is 2.43. The summed E-state index contributed by atoms with van der Waals surface area (Å²) in [7, 11) is 1.65. The molecule has 1 aliphatic heterocycles. The van der Waals surface area contributed by atoms with Crippen LogP contribution in [-0.2, 0) is 12.8 Å². The van der Waals surface area contributed by atoms with Crippen molar-refractivity contribution in [1.29, 1.82) is 0 Å². The summed E-state index contributed by atoms with van der Waals surface area (Å²) >= 11 is 0. The lowest BCUT2D eigenvalue weighted by Crippen LogP contribution is -2.18. The van der Waals surface area contributed by atoms with Gasteiger partial charge in [0.2, 0.25) is 0 Å². The maximum Gasteiger partial charge on any atom is 0.277 e. The molecule has 0 bridgehead atoms. The summed E-state index contributed by atoms with van der Waals surface area (Å²) in [5.41, 5.74) is 3.84. The zero-order valence-electron chi connectivity index (χ0n) is 11.3. The maximum absolute atomic E-state index is 12.0. The molecule has 3 rings (SSSR count). The first-order valence-electron chi connectivity index (χ1n) is 6.58. The van der Waals surface area contributed by atoms with Gasteiger partial charge in [-0.1, -0.05) is 30.3 Å². The maximum atomic E-state index is 12.0. The SMILES string of the molecule is COc1ccc(CC2=NC(=O)c3ccccc3C2)cc1. The van der Waals surface area contributed by atoms with Crippen LogP contribution < -0.4 is 4.74 Å². The van der Waals surface area contributed by atoms with Crippen molar-refractivity contribution in [3.8, 4) is 5.75 Å². The molecule has 3 heteroatoms. The van der Waals surface area contributed by atoms with Crippen molar-refractivity contribution in [3.63, 3.8) is 0 Å². The molecule has 0 saturated heterocycles. The molecule has 1 aliphatic rings. The Hall–Kier alpha value is -2.42. The van der Waals surface area contributed by atoms with Gasteiger partial charge >= 0.3 is 0 Å². The minimum atomic E-state index is -0.129. The number of methoxy groups -OCH3 is 1. The first-order chi connectivity index (χ1) is 9.76. The van der Waals surface area contributed by atoms with Crippen molar-refractivity contribution in [2.45, 2.75) is 12.8 Å². The number of rotatable bonds is 3. The molecule has 3 nitrogen and oxygen atoms in total. The monoisotopic (exact) mass is 265 g/mol. The summed E-state index contributed by atoms with van der Waals surface area (Å²) in [5.74, 6) is 0.705. The van der Waals surface area contributed by atoms with Crippen molar-refractivity contribution < 1.29 is 9.53 Å². The van der Waals surface area contributed by atoms with Crippen LogP contribution in [0.3, 0.4) is 0 Å². The second-order valence-corrected chi connectivity index (χ2v) is 4.84. The highest BCUT2D eigenvalue weighted by Crippen LogP contribution is 2.19. The summed E-state index contributed by atoms with van der Waals surface area (Å²) in [6.45, 7) is 0. The molecule has 0 N–H and O–H groups in total. The molecular weight excluding hydrogens is 250 g/mol. The molecule has 0 saturated carbocycles. The number of ether oxygens (including phenoxy) is 1. The molecule has 0 aliphatic carbocycles. The molecular formula is C17H15NO2. The van der Waals surface area contributed by atoms with E-state index in [0.29, 0.717) is 6.42 Å². The van der Waals surface area contributed by atoms with E-state index in [1.807, 2.05) is 48.5 Å². The van der Waals surface area contributed by atoms with Crippen LogP contribution in [0.4, 0.5) is 0 Å². The van der Waals surface area contributed by atoms with Gasteiger partial charge in [-0.3, -0.25) is 4.79 Å². The number of carbonyl (C=O) groups is 1. The van der Waals surface area contributed by atoms with Gasteiger partial charge < -0.3 is 4.74 Å². The Bertz CT molecular complexity index is 672. The molecule has 0 atom stereocenters. The number of fused-ring (bicyclic) bond motifs is 1.